The molecule has 138 valence electrons. The monoisotopic (exact) mass is 392 g/mol. The molecule has 0 unspecified atom stereocenters. The van der Waals surface area contributed by atoms with Crippen LogP contribution in [-0.4, -0.2) is 32.2 Å². The van der Waals surface area contributed by atoms with Crippen LogP contribution in [0.5, 0.6) is 0 Å². The third-order valence-electron chi connectivity index (χ3n) is 4.77. The summed E-state index contributed by atoms with van der Waals surface area (Å²) >= 11 is 6.09. The summed E-state index contributed by atoms with van der Waals surface area (Å²) in [5, 5.41) is 7.08. The second-order valence-electron chi connectivity index (χ2n) is 6.39. The van der Waals surface area contributed by atoms with Crippen molar-refractivity contribution >= 4 is 41.4 Å². The van der Waals surface area contributed by atoms with Crippen LogP contribution in [0.25, 0.3) is 0 Å². The van der Waals surface area contributed by atoms with Crippen molar-refractivity contribution in [2.75, 3.05) is 36.0 Å². The number of carbonyl (C=O) groups excluding carboxylic acids is 1. The zero-order valence-corrected chi connectivity index (χ0v) is 15.9. The molecular weight excluding hydrogens is 371 g/mol. The van der Waals surface area contributed by atoms with Crippen LogP contribution in [0.3, 0.4) is 0 Å². The predicted molar refractivity (Wildman–Crippen MR) is 109 cm³/mol. The Morgan fingerprint density at radius 1 is 1.04 bits per heavy atom. The molecule has 2 amide bonds. The molecule has 2 aromatic rings. The molecule has 2 heterocycles. The average Bonchev–Trinajstić information content (AvgIpc) is 2.64. The smallest absolute Gasteiger partial charge is 0.322 e. The van der Waals surface area contributed by atoms with Crippen molar-refractivity contribution in [3.8, 4) is 0 Å². The highest BCUT2D eigenvalue weighted by Gasteiger charge is 2.27. The number of nitrogens with zero attached hydrogens (tertiary/aromatic N) is 2. The van der Waals surface area contributed by atoms with Crippen molar-refractivity contribution in [1.82, 2.24) is 10.6 Å². The van der Waals surface area contributed by atoms with E-state index in [2.05, 4.69) is 21.6 Å². The van der Waals surface area contributed by atoms with Crippen LogP contribution in [0.2, 0.25) is 5.02 Å². The minimum absolute atomic E-state index is 0. The van der Waals surface area contributed by atoms with Gasteiger partial charge in [0.15, 0.2) is 0 Å². The van der Waals surface area contributed by atoms with Gasteiger partial charge < -0.3 is 15.5 Å². The quantitative estimate of drug-likeness (QED) is 0.841. The predicted octanol–water partition coefficient (Wildman–Crippen LogP) is 3.40. The van der Waals surface area contributed by atoms with E-state index in [0.29, 0.717) is 18.1 Å². The van der Waals surface area contributed by atoms with Gasteiger partial charge in [-0.2, -0.15) is 0 Å². The van der Waals surface area contributed by atoms with E-state index < -0.39 is 0 Å². The maximum atomic E-state index is 12.5. The zero-order chi connectivity index (χ0) is 17.2. The zero-order valence-electron chi connectivity index (χ0n) is 14.4. The SMILES string of the molecule is Cl.O=C1NCc2c(N3CCNCC3)cccc2N1Cc1cccc(Cl)c1. The van der Waals surface area contributed by atoms with Crippen LogP contribution >= 0.6 is 24.0 Å². The van der Waals surface area contributed by atoms with Crippen LogP contribution in [-0.2, 0) is 13.1 Å². The minimum Gasteiger partial charge on any atom is -0.369 e. The van der Waals surface area contributed by atoms with Crippen molar-refractivity contribution in [2.24, 2.45) is 0 Å². The van der Waals surface area contributed by atoms with Gasteiger partial charge in [-0.15, -0.1) is 12.4 Å². The van der Waals surface area contributed by atoms with Crippen LogP contribution in [0.1, 0.15) is 11.1 Å². The van der Waals surface area contributed by atoms with Crippen LogP contribution in [0.4, 0.5) is 16.2 Å². The molecule has 4 rings (SSSR count). The fourth-order valence-corrected chi connectivity index (χ4v) is 3.76. The number of halogens is 2. The number of nitrogens with one attached hydrogen (secondary N) is 2. The number of amides is 2. The van der Waals surface area contributed by atoms with Gasteiger partial charge in [0.25, 0.3) is 0 Å². The Morgan fingerprint density at radius 2 is 1.77 bits per heavy atom. The molecule has 0 aliphatic carbocycles. The van der Waals surface area contributed by atoms with Crippen molar-refractivity contribution < 1.29 is 4.79 Å². The molecule has 0 spiro atoms. The lowest BCUT2D eigenvalue weighted by atomic mass is 10.0. The van der Waals surface area contributed by atoms with E-state index in [-0.39, 0.29) is 18.4 Å². The van der Waals surface area contributed by atoms with Gasteiger partial charge in [-0.25, -0.2) is 4.79 Å². The summed E-state index contributed by atoms with van der Waals surface area (Å²) in [6.45, 7) is 5.02. The first-order chi connectivity index (χ1) is 12.2. The number of benzene rings is 2. The van der Waals surface area contributed by atoms with E-state index in [1.54, 1.807) is 4.90 Å². The number of hydrogen-bond donors (Lipinski definition) is 2. The Kier molecular flexibility index (Phi) is 5.91. The van der Waals surface area contributed by atoms with Gasteiger partial charge in [-0.05, 0) is 29.8 Å². The number of piperazine rings is 1. The number of fused-ring (bicyclic) bond motifs is 1. The van der Waals surface area contributed by atoms with Gasteiger partial charge in [0.2, 0.25) is 0 Å². The molecule has 7 heteroatoms. The normalized spacial score (nSPS) is 16.6. The second-order valence-corrected chi connectivity index (χ2v) is 6.82. The first-order valence-corrected chi connectivity index (χ1v) is 8.97. The molecule has 26 heavy (non-hydrogen) atoms. The van der Waals surface area contributed by atoms with Crippen LogP contribution in [0.15, 0.2) is 42.5 Å². The van der Waals surface area contributed by atoms with E-state index in [1.165, 1.54) is 11.3 Å². The topological polar surface area (TPSA) is 47.6 Å². The van der Waals surface area contributed by atoms with Gasteiger partial charge in [0, 0.05) is 49.0 Å². The van der Waals surface area contributed by atoms with Gasteiger partial charge in [-0.1, -0.05) is 29.8 Å². The summed E-state index contributed by atoms with van der Waals surface area (Å²) < 4.78 is 0. The Balaban J connectivity index is 0.00000196. The fraction of sp³-hybridized carbons (Fsp3) is 0.316. The summed E-state index contributed by atoms with van der Waals surface area (Å²) in [5.74, 6) is 0. The number of urea groups is 1. The maximum Gasteiger partial charge on any atom is 0.322 e. The highest BCUT2D eigenvalue weighted by atomic mass is 35.5. The molecule has 5 nitrogen and oxygen atoms in total. The molecule has 0 bridgehead atoms. The lowest BCUT2D eigenvalue weighted by molar-refractivity contribution is 0.244. The molecule has 0 saturated carbocycles. The van der Waals surface area contributed by atoms with E-state index in [4.69, 9.17) is 11.6 Å². The van der Waals surface area contributed by atoms with Crippen LogP contribution < -0.4 is 20.4 Å². The number of rotatable bonds is 3. The second kappa shape index (κ2) is 8.16. The Hall–Kier alpha value is -1.95. The van der Waals surface area contributed by atoms with E-state index >= 15 is 0 Å². The third kappa shape index (κ3) is 3.75. The summed E-state index contributed by atoms with van der Waals surface area (Å²) in [6.07, 6.45) is 0. The summed E-state index contributed by atoms with van der Waals surface area (Å²) in [7, 11) is 0. The molecular formula is C19H22Cl2N4O. The highest BCUT2D eigenvalue weighted by Crippen LogP contribution is 2.34. The molecule has 2 N–H and O–H groups in total. The highest BCUT2D eigenvalue weighted by molar-refractivity contribution is 6.30. The molecule has 2 aliphatic heterocycles. The molecule has 2 aromatic carbocycles. The standard InChI is InChI=1S/C19H21ClN4O.ClH/c20-15-4-1-3-14(11-15)13-24-18-6-2-5-17(16(18)12-22-19(24)25)23-9-7-21-8-10-23;/h1-6,11,21H,7-10,12-13H2,(H,22,25);1H. The summed E-state index contributed by atoms with van der Waals surface area (Å²) in [4.78, 5) is 16.7. The fourth-order valence-electron chi connectivity index (χ4n) is 3.54. The average molecular weight is 393 g/mol. The van der Waals surface area contributed by atoms with Crippen molar-refractivity contribution in [3.63, 3.8) is 0 Å². The molecule has 1 saturated heterocycles. The summed E-state index contributed by atoms with van der Waals surface area (Å²) in [5.41, 5.74) is 4.41. The van der Waals surface area contributed by atoms with Gasteiger partial charge in [0.1, 0.15) is 0 Å². The molecule has 0 atom stereocenters. The first kappa shape index (κ1) is 18.8. The molecule has 1 fully saturated rings. The van der Waals surface area contributed by atoms with Gasteiger partial charge >= 0.3 is 6.03 Å². The van der Waals surface area contributed by atoms with E-state index in [9.17, 15) is 4.79 Å². The van der Waals surface area contributed by atoms with E-state index in [1.807, 2.05) is 36.4 Å². The molecule has 0 aromatic heterocycles. The molecule has 2 aliphatic rings. The Bertz CT molecular complexity index is 793. The number of carbonyl (C=O) groups is 1. The van der Waals surface area contributed by atoms with Gasteiger partial charge in [0.05, 0.1) is 12.2 Å². The number of hydrogen-bond acceptors (Lipinski definition) is 3. The number of anilines is 2. The largest absolute Gasteiger partial charge is 0.369 e. The third-order valence-corrected chi connectivity index (χ3v) is 5.00. The van der Waals surface area contributed by atoms with Crippen molar-refractivity contribution in [3.05, 3.63) is 58.6 Å². The lowest BCUT2D eigenvalue weighted by Gasteiger charge is -2.36. The lowest BCUT2D eigenvalue weighted by Crippen LogP contribution is -2.46. The Morgan fingerprint density at radius 3 is 2.54 bits per heavy atom. The summed E-state index contributed by atoms with van der Waals surface area (Å²) in [6, 6.07) is 13.8. The minimum atomic E-state index is -0.0649. The van der Waals surface area contributed by atoms with Gasteiger partial charge in [-0.3, -0.25) is 4.90 Å². The first-order valence-electron chi connectivity index (χ1n) is 8.60. The van der Waals surface area contributed by atoms with Crippen LogP contribution in [0, 0.1) is 0 Å². The molecule has 0 radical (unpaired) electrons. The van der Waals surface area contributed by atoms with Crippen molar-refractivity contribution in [1.29, 1.82) is 0 Å². The van der Waals surface area contributed by atoms with Crippen molar-refractivity contribution in [2.45, 2.75) is 13.1 Å². The van der Waals surface area contributed by atoms with E-state index in [0.717, 1.165) is 37.4 Å². The Labute approximate surface area is 164 Å². The maximum absolute atomic E-state index is 12.5.